The van der Waals surface area contributed by atoms with E-state index < -0.39 is 0 Å². The number of ether oxygens (including phenoxy) is 1. The van der Waals surface area contributed by atoms with Crippen molar-refractivity contribution in [1.82, 2.24) is 15.6 Å². The lowest BCUT2D eigenvalue weighted by molar-refractivity contribution is -0.123. The first-order valence-electron chi connectivity index (χ1n) is 10.1. The van der Waals surface area contributed by atoms with Crippen molar-refractivity contribution in [3.63, 3.8) is 0 Å². The topological polar surface area (TPSA) is 90.3 Å². The van der Waals surface area contributed by atoms with Crippen LogP contribution in [0.3, 0.4) is 0 Å². The van der Waals surface area contributed by atoms with E-state index in [0.717, 1.165) is 37.4 Å². The predicted molar refractivity (Wildman–Crippen MR) is 110 cm³/mol. The molecule has 2 saturated heterocycles. The van der Waals surface area contributed by atoms with Gasteiger partial charge in [-0.3, -0.25) is 9.78 Å². The van der Waals surface area contributed by atoms with E-state index in [1.165, 1.54) is 0 Å². The van der Waals surface area contributed by atoms with Gasteiger partial charge >= 0.3 is 0 Å². The van der Waals surface area contributed by atoms with Crippen LogP contribution in [0.5, 0.6) is 5.75 Å². The number of nitrogens with zero attached hydrogens (tertiary/aromatic N) is 3. The van der Waals surface area contributed by atoms with Crippen molar-refractivity contribution in [1.29, 1.82) is 5.26 Å². The van der Waals surface area contributed by atoms with Crippen LogP contribution in [0.2, 0.25) is 0 Å². The van der Waals surface area contributed by atoms with Crippen molar-refractivity contribution in [3.05, 3.63) is 54.4 Å². The van der Waals surface area contributed by atoms with Gasteiger partial charge in [-0.25, -0.2) is 0 Å². The van der Waals surface area contributed by atoms with Crippen LogP contribution < -0.4 is 20.3 Å². The maximum absolute atomic E-state index is 12.7. The second kappa shape index (κ2) is 8.93. The number of anilines is 1. The Balaban J connectivity index is 1.25. The van der Waals surface area contributed by atoms with Crippen LogP contribution in [0.1, 0.15) is 24.8 Å². The van der Waals surface area contributed by atoms with E-state index in [-0.39, 0.29) is 24.1 Å². The fourth-order valence-corrected chi connectivity index (χ4v) is 4.01. The summed E-state index contributed by atoms with van der Waals surface area (Å²) in [7, 11) is 0. The van der Waals surface area contributed by atoms with Gasteiger partial charge in [0.25, 0.3) is 0 Å². The third-order valence-electron chi connectivity index (χ3n) is 5.57. The van der Waals surface area contributed by atoms with Crippen LogP contribution in [-0.4, -0.2) is 48.7 Å². The lowest BCUT2D eigenvalue weighted by Gasteiger charge is -2.34. The lowest BCUT2D eigenvalue weighted by Crippen LogP contribution is -2.49. The molecule has 2 fully saturated rings. The molecule has 1 aromatic heterocycles. The number of amides is 1. The number of benzene rings is 1. The smallest absolute Gasteiger partial charge is 0.237 e. The molecule has 2 aliphatic rings. The highest BCUT2D eigenvalue weighted by molar-refractivity contribution is 5.82. The summed E-state index contributed by atoms with van der Waals surface area (Å²) in [5.74, 6) is 0.819. The largest absolute Gasteiger partial charge is 0.489 e. The molecule has 150 valence electrons. The van der Waals surface area contributed by atoms with Crippen LogP contribution in [0.4, 0.5) is 5.69 Å². The zero-order valence-electron chi connectivity index (χ0n) is 16.3. The molecule has 1 aromatic carbocycles. The number of aromatic nitrogens is 1. The second-order valence-corrected chi connectivity index (χ2v) is 7.52. The number of hydrogen-bond acceptors (Lipinski definition) is 6. The monoisotopic (exact) mass is 391 g/mol. The molecular formula is C22H25N5O2. The molecule has 3 heterocycles. The Bertz CT molecular complexity index is 874. The van der Waals surface area contributed by atoms with Crippen LogP contribution >= 0.6 is 0 Å². The summed E-state index contributed by atoms with van der Waals surface area (Å²) in [6, 6.07) is 13.5. The number of carbonyl (C=O) groups excluding carboxylic acids is 1. The van der Waals surface area contributed by atoms with Crippen molar-refractivity contribution in [2.75, 3.05) is 24.5 Å². The first-order chi connectivity index (χ1) is 14.2. The van der Waals surface area contributed by atoms with E-state index in [4.69, 9.17) is 4.74 Å². The number of rotatable bonds is 5. The van der Waals surface area contributed by atoms with Crippen molar-refractivity contribution in [3.8, 4) is 11.8 Å². The maximum atomic E-state index is 12.7. The van der Waals surface area contributed by atoms with Gasteiger partial charge < -0.3 is 20.3 Å². The Morgan fingerprint density at radius 3 is 2.72 bits per heavy atom. The Kier molecular flexibility index (Phi) is 5.92. The summed E-state index contributed by atoms with van der Waals surface area (Å²) in [5.41, 5.74) is 1.68. The van der Waals surface area contributed by atoms with E-state index in [1.807, 2.05) is 36.4 Å². The van der Waals surface area contributed by atoms with Crippen molar-refractivity contribution >= 4 is 11.6 Å². The SMILES string of the molecule is N#Cc1ccccc1N1CCC(NC(=O)[C@@H]2C[C@H](Oc3ccncc3)CN2)CC1. The lowest BCUT2D eigenvalue weighted by atomic mass is 10.0. The van der Waals surface area contributed by atoms with E-state index in [0.29, 0.717) is 18.5 Å². The molecule has 0 spiro atoms. The van der Waals surface area contributed by atoms with Crippen LogP contribution in [0, 0.1) is 11.3 Å². The maximum Gasteiger partial charge on any atom is 0.237 e. The van der Waals surface area contributed by atoms with Crippen LogP contribution in [-0.2, 0) is 4.79 Å². The number of hydrogen-bond donors (Lipinski definition) is 2. The van der Waals surface area contributed by atoms with Crippen molar-refractivity contribution in [2.24, 2.45) is 0 Å². The number of nitriles is 1. The average molecular weight is 391 g/mol. The molecule has 2 N–H and O–H groups in total. The Hall–Kier alpha value is -3.11. The molecule has 0 aliphatic carbocycles. The molecule has 1 amide bonds. The van der Waals surface area contributed by atoms with Crippen molar-refractivity contribution in [2.45, 2.75) is 37.5 Å². The standard InChI is InChI=1S/C22H25N5O2/c23-14-16-3-1-2-4-21(16)27-11-7-17(8-12-27)26-22(28)20-13-19(15-25-20)29-18-5-9-24-10-6-18/h1-6,9-10,17,19-20,25H,7-8,11-13,15H2,(H,26,28)/t19-,20-/m0/s1. The fraction of sp³-hybridized carbons (Fsp3) is 0.409. The highest BCUT2D eigenvalue weighted by atomic mass is 16.5. The first kappa shape index (κ1) is 19.2. The van der Waals surface area contributed by atoms with Gasteiger partial charge in [0.15, 0.2) is 0 Å². The summed E-state index contributed by atoms with van der Waals surface area (Å²) in [4.78, 5) is 18.9. The summed E-state index contributed by atoms with van der Waals surface area (Å²) in [5, 5.41) is 15.8. The number of piperidine rings is 1. The van der Waals surface area contributed by atoms with Gasteiger partial charge in [-0.15, -0.1) is 0 Å². The van der Waals surface area contributed by atoms with Gasteiger partial charge in [0.2, 0.25) is 5.91 Å². The normalized spacial score (nSPS) is 22.1. The summed E-state index contributed by atoms with van der Waals surface area (Å²) in [6.45, 7) is 2.31. The molecule has 7 heteroatoms. The zero-order chi connectivity index (χ0) is 20.1. The van der Waals surface area contributed by atoms with Gasteiger partial charge in [-0.2, -0.15) is 5.26 Å². The predicted octanol–water partition coefficient (Wildman–Crippen LogP) is 1.85. The number of para-hydroxylation sites is 1. The summed E-state index contributed by atoms with van der Waals surface area (Å²) < 4.78 is 5.92. The van der Waals surface area contributed by atoms with E-state index in [9.17, 15) is 10.1 Å². The molecule has 2 aromatic rings. The van der Waals surface area contributed by atoms with Gasteiger partial charge in [-0.05, 0) is 37.1 Å². The third-order valence-corrected chi connectivity index (χ3v) is 5.57. The Morgan fingerprint density at radius 1 is 1.21 bits per heavy atom. The average Bonchev–Trinajstić information content (AvgIpc) is 3.24. The zero-order valence-corrected chi connectivity index (χ0v) is 16.3. The molecule has 2 atom stereocenters. The number of nitrogens with one attached hydrogen (secondary N) is 2. The third kappa shape index (κ3) is 4.66. The minimum atomic E-state index is -0.223. The minimum Gasteiger partial charge on any atom is -0.489 e. The molecule has 7 nitrogen and oxygen atoms in total. The first-order valence-corrected chi connectivity index (χ1v) is 10.1. The van der Waals surface area contributed by atoms with Gasteiger partial charge in [-0.1, -0.05) is 12.1 Å². The quantitative estimate of drug-likeness (QED) is 0.808. The fourth-order valence-electron chi connectivity index (χ4n) is 4.01. The second-order valence-electron chi connectivity index (χ2n) is 7.52. The summed E-state index contributed by atoms with van der Waals surface area (Å²) >= 11 is 0. The van der Waals surface area contributed by atoms with Crippen LogP contribution in [0.25, 0.3) is 0 Å². The number of pyridine rings is 1. The van der Waals surface area contributed by atoms with Gasteiger partial charge in [0.1, 0.15) is 17.9 Å². The minimum absolute atomic E-state index is 0.0162. The molecule has 0 radical (unpaired) electrons. The molecule has 29 heavy (non-hydrogen) atoms. The van der Waals surface area contributed by atoms with E-state index in [2.05, 4.69) is 26.6 Å². The van der Waals surface area contributed by atoms with Crippen molar-refractivity contribution < 1.29 is 9.53 Å². The molecule has 4 rings (SSSR count). The summed E-state index contributed by atoms with van der Waals surface area (Å²) in [6.07, 6.45) is 5.77. The molecular weight excluding hydrogens is 366 g/mol. The molecule has 2 aliphatic heterocycles. The Labute approximate surface area is 170 Å². The van der Waals surface area contributed by atoms with E-state index >= 15 is 0 Å². The van der Waals surface area contributed by atoms with E-state index in [1.54, 1.807) is 12.4 Å². The molecule has 0 bridgehead atoms. The Morgan fingerprint density at radius 2 is 1.97 bits per heavy atom. The van der Waals surface area contributed by atoms with Crippen LogP contribution in [0.15, 0.2) is 48.8 Å². The molecule has 0 unspecified atom stereocenters. The highest BCUT2D eigenvalue weighted by Gasteiger charge is 2.32. The van der Waals surface area contributed by atoms with Gasteiger partial charge in [0.05, 0.1) is 17.3 Å². The van der Waals surface area contributed by atoms with Gasteiger partial charge in [0, 0.05) is 44.5 Å². The molecule has 0 saturated carbocycles. The number of carbonyl (C=O) groups is 1. The highest BCUT2D eigenvalue weighted by Crippen LogP contribution is 2.24.